The van der Waals surface area contributed by atoms with Crippen LogP contribution in [0.5, 0.6) is 11.5 Å². The largest absolute Gasteiger partial charge is 0.573 e. The number of alkyl halides is 6. The Morgan fingerprint density at radius 2 is 1.45 bits per heavy atom. The van der Waals surface area contributed by atoms with Gasteiger partial charge in [0.25, 0.3) is 0 Å². The maximum Gasteiger partial charge on any atom is 0.573 e. The molecule has 1 aliphatic rings. The minimum absolute atomic E-state index is 0.0498. The Labute approximate surface area is 226 Å². The number of aromatic nitrogens is 1. The van der Waals surface area contributed by atoms with E-state index < -0.39 is 12.7 Å². The number of ether oxygens (including phenoxy) is 2. The lowest BCUT2D eigenvalue weighted by Crippen LogP contribution is -2.20. The zero-order valence-electron chi connectivity index (χ0n) is 21.2. The van der Waals surface area contributed by atoms with E-state index in [1.54, 1.807) is 36.4 Å². The summed E-state index contributed by atoms with van der Waals surface area (Å²) in [6, 6.07) is 15.1. The summed E-state index contributed by atoms with van der Waals surface area (Å²) in [5.74, 6) is -0.813. The fourth-order valence-corrected chi connectivity index (χ4v) is 4.46. The second-order valence-corrected chi connectivity index (χ2v) is 9.40. The average Bonchev–Trinajstić information content (AvgIpc) is 3.67. The molecule has 1 heterocycles. The maximum atomic E-state index is 12.9. The summed E-state index contributed by atoms with van der Waals surface area (Å²) >= 11 is 0. The summed E-state index contributed by atoms with van der Waals surface area (Å²) in [5, 5.41) is 3.04. The van der Waals surface area contributed by atoms with E-state index in [4.69, 9.17) is 0 Å². The minimum Gasteiger partial charge on any atom is -0.406 e. The van der Waals surface area contributed by atoms with Crippen LogP contribution < -0.4 is 14.8 Å². The molecule has 212 valence electrons. The third-order valence-corrected chi connectivity index (χ3v) is 6.54. The van der Waals surface area contributed by atoms with Crippen molar-refractivity contribution >= 4 is 11.5 Å². The number of aryl methyl sites for hydroxylation is 1. The van der Waals surface area contributed by atoms with Crippen molar-refractivity contribution in [2.24, 2.45) is 11.8 Å². The summed E-state index contributed by atoms with van der Waals surface area (Å²) in [5.41, 5.74) is 2.20. The molecule has 1 aromatic heterocycles. The Hall–Kier alpha value is -4.02. The van der Waals surface area contributed by atoms with Crippen molar-refractivity contribution in [3.05, 3.63) is 95.8 Å². The average molecular weight is 565 g/mol. The molecule has 2 atom stereocenters. The highest BCUT2D eigenvalue weighted by Gasteiger charge is 2.43. The lowest BCUT2D eigenvalue weighted by atomic mass is 10.0. The molecular formula is C29H26F6N2O3. The molecule has 0 aliphatic heterocycles. The number of carbonyl (C=O) groups is 1. The molecule has 0 radical (unpaired) electrons. The number of benzene rings is 2. The fourth-order valence-electron chi connectivity index (χ4n) is 4.46. The highest BCUT2D eigenvalue weighted by Crippen LogP contribution is 2.44. The molecule has 1 aliphatic carbocycles. The summed E-state index contributed by atoms with van der Waals surface area (Å²) in [6.07, 6.45) is -6.27. The van der Waals surface area contributed by atoms with Gasteiger partial charge in [-0.25, -0.2) is 0 Å². The van der Waals surface area contributed by atoms with E-state index in [0.29, 0.717) is 48.2 Å². The van der Waals surface area contributed by atoms with Crippen LogP contribution in [0.2, 0.25) is 0 Å². The summed E-state index contributed by atoms with van der Waals surface area (Å²) < 4.78 is 83.9. The molecule has 11 heteroatoms. The van der Waals surface area contributed by atoms with Crippen LogP contribution in [0.3, 0.4) is 0 Å². The first-order valence-corrected chi connectivity index (χ1v) is 12.5. The van der Waals surface area contributed by atoms with E-state index in [-0.39, 0.29) is 41.2 Å². The molecule has 2 aromatic carbocycles. The molecule has 1 fully saturated rings. The smallest absolute Gasteiger partial charge is 0.406 e. The predicted molar refractivity (Wildman–Crippen MR) is 135 cm³/mol. The zero-order chi connectivity index (χ0) is 28.9. The lowest BCUT2D eigenvalue weighted by molar-refractivity contribution is -0.275. The Bertz CT molecular complexity index is 1340. The second kappa shape index (κ2) is 12.0. The van der Waals surface area contributed by atoms with E-state index in [1.165, 1.54) is 30.5 Å². The summed E-state index contributed by atoms with van der Waals surface area (Å²) in [4.78, 5) is 17.1. The van der Waals surface area contributed by atoms with Crippen LogP contribution >= 0.6 is 0 Å². The van der Waals surface area contributed by atoms with Crippen molar-refractivity contribution in [2.45, 2.75) is 38.4 Å². The molecule has 0 saturated heterocycles. The van der Waals surface area contributed by atoms with Gasteiger partial charge in [0.15, 0.2) is 5.78 Å². The topological polar surface area (TPSA) is 60.5 Å². The van der Waals surface area contributed by atoms with E-state index in [2.05, 4.69) is 26.4 Å². The minimum atomic E-state index is -4.78. The first-order chi connectivity index (χ1) is 18.9. The van der Waals surface area contributed by atoms with Crippen LogP contribution in [0.15, 0.2) is 73.4 Å². The van der Waals surface area contributed by atoms with E-state index in [0.717, 1.165) is 0 Å². The number of nitrogens with zero attached hydrogens (tertiary/aromatic N) is 1. The normalized spacial score (nSPS) is 16.8. The number of hydrogen-bond acceptors (Lipinski definition) is 5. The number of carbonyl (C=O) groups excluding carboxylic acids is 1. The van der Waals surface area contributed by atoms with Gasteiger partial charge in [-0.3, -0.25) is 9.78 Å². The van der Waals surface area contributed by atoms with Crippen LogP contribution in [0.4, 0.5) is 26.3 Å². The monoisotopic (exact) mass is 564 g/mol. The number of Topliss-reactive ketones (excluding diaryl/α,β-unsaturated/α-hetero) is 1. The van der Waals surface area contributed by atoms with Crippen LogP contribution in [-0.4, -0.2) is 30.0 Å². The van der Waals surface area contributed by atoms with Gasteiger partial charge < -0.3 is 14.8 Å². The summed E-state index contributed by atoms with van der Waals surface area (Å²) in [6.45, 7) is 4.22. The third-order valence-electron chi connectivity index (χ3n) is 6.54. The third kappa shape index (κ3) is 8.24. The van der Waals surface area contributed by atoms with Crippen molar-refractivity contribution in [2.75, 3.05) is 6.54 Å². The van der Waals surface area contributed by atoms with E-state index >= 15 is 0 Å². The molecule has 0 bridgehead atoms. The zero-order valence-corrected chi connectivity index (χ0v) is 21.2. The van der Waals surface area contributed by atoms with Gasteiger partial charge in [-0.2, -0.15) is 0 Å². The van der Waals surface area contributed by atoms with E-state index in [1.807, 2.05) is 0 Å². The Kier molecular flexibility index (Phi) is 8.70. The van der Waals surface area contributed by atoms with Crippen LogP contribution in [0.1, 0.15) is 40.0 Å². The van der Waals surface area contributed by atoms with Crippen LogP contribution in [-0.2, 0) is 12.8 Å². The Morgan fingerprint density at radius 3 is 2.00 bits per heavy atom. The molecule has 0 amide bonds. The van der Waals surface area contributed by atoms with Crippen LogP contribution in [0, 0.1) is 11.8 Å². The van der Waals surface area contributed by atoms with Gasteiger partial charge in [0.2, 0.25) is 0 Å². The highest BCUT2D eigenvalue weighted by atomic mass is 19.4. The molecule has 3 aromatic rings. The van der Waals surface area contributed by atoms with Gasteiger partial charge in [0.05, 0.1) is 0 Å². The first kappa shape index (κ1) is 29.0. The van der Waals surface area contributed by atoms with Gasteiger partial charge in [-0.05, 0) is 67.0 Å². The molecule has 5 nitrogen and oxygen atoms in total. The fraction of sp³-hybridized carbons (Fsp3) is 0.310. The van der Waals surface area contributed by atoms with Gasteiger partial charge in [-0.15, -0.1) is 26.3 Å². The molecule has 1 N–H and O–H groups in total. The van der Waals surface area contributed by atoms with Crippen molar-refractivity contribution in [3.8, 4) is 11.5 Å². The van der Waals surface area contributed by atoms with Gasteiger partial charge >= 0.3 is 12.7 Å². The van der Waals surface area contributed by atoms with Crippen molar-refractivity contribution in [3.63, 3.8) is 0 Å². The standard InChI is InChI=1S/C29H26F6N2O3/c1-18(36-15-14-20-7-3-5-9-26(20)40-29(33,34)35)22-12-13-24(37-17-22)27(38)23-16-21(23)11-10-19-6-2-4-8-25(19)39-28(30,31)32/h2-9,12-13,17,21,23,36H,1,10-11,14-16H2. The van der Waals surface area contributed by atoms with Gasteiger partial charge in [0, 0.05) is 29.9 Å². The predicted octanol–water partition coefficient (Wildman–Crippen LogP) is 7.13. The SMILES string of the molecule is C=C(NCCc1ccccc1OC(F)(F)F)c1ccc(C(=O)C2CC2CCc2ccccc2OC(F)(F)F)nc1. The quantitative estimate of drug-likeness (QED) is 0.187. The molecule has 2 unspecified atom stereocenters. The van der Waals surface area contributed by atoms with Gasteiger partial charge in [-0.1, -0.05) is 43.0 Å². The lowest BCUT2D eigenvalue weighted by Gasteiger charge is -2.14. The number of pyridine rings is 1. The van der Waals surface area contributed by atoms with Crippen LogP contribution in [0.25, 0.3) is 5.70 Å². The number of hydrogen-bond donors (Lipinski definition) is 1. The summed E-state index contributed by atoms with van der Waals surface area (Å²) in [7, 11) is 0. The Balaban J connectivity index is 1.25. The number of rotatable bonds is 12. The molecule has 1 saturated carbocycles. The maximum absolute atomic E-state index is 12.9. The number of halogens is 6. The first-order valence-electron chi connectivity index (χ1n) is 12.5. The number of para-hydroxylation sites is 2. The van der Waals surface area contributed by atoms with E-state index in [9.17, 15) is 31.1 Å². The second-order valence-electron chi connectivity index (χ2n) is 9.40. The molecule has 4 rings (SSSR count). The highest BCUT2D eigenvalue weighted by molar-refractivity contribution is 5.98. The van der Waals surface area contributed by atoms with Gasteiger partial charge in [0.1, 0.15) is 17.2 Å². The number of ketones is 1. The molecule has 0 spiro atoms. The molecule has 40 heavy (non-hydrogen) atoms. The van der Waals surface area contributed by atoms with Crippen molar-refractivity contribution < 1.29 is 40.6 Å². The number of nitrogens with one attached hydrogen (secondary N) is 1. The van der Waals surface area contributed by atoms with Crippen molar-refractivity contribution in [1.29, 1.82) is 0 Å². The molecular weight excluding hydrogens is 538 g/mol. The van der Waals surface area contributed by atoms with Crippen molar-refractivity contribution in [1.82, 2.24) is 10.3 Å². The Morgan fingerprint density at radius 1 is 0.875 bits per heavy atom.